The second-order valence-corrected chi connectivity index (χ2v) is 11.9. The molecule has 0 aromatic rings. The maximum absolute atomic E-state index is 13.7. The Balaban J connectivity index is 1.21. The fourth-order valence-corrected chi connectivity index (χ4v) is 9.28. The molecule has 7 rings (SSSR count). The first-order valence-electron chi connectivity index (χ1n) is 13.6. The molecule has 180 valence electrons. The van der Waals surface area contributed by atoms with Crippen LogP contribution >= 0.6 is 0 Å². The van der Waals surface area contributed by atoms with Gasteiger partial charge >= 0.3 is 0 Å². The van der Waals surface area contributed by atoms with Gasteiger partial charge in [-0.3, -0.25) is 29.0 Å². The summed E-state index contributed by atoms with van der Waals surface area (Å²) in [4.78, 5) is 57.7. The molecule has 4 atom stereocenters. The van der Waals surface area contributed by atoms with E-state index in [9.17, 15) is 19.2 Å². The van der Waals surface area contributed by atoms with Gasteiger partial charge in [0.15, 0.2) is 0 Å². The molecule has 7 aliphatic rings. The van der Waals surface area contributed by atoms with Gasteiger partial charge in [-0.25, -0.2) is 0 Å². The second-order valence-electron chi connectivity index (χ2n) is 11.9. The number of fused-ring (bicyclic) bond motifs is 2. The molecule has 3 heterocycles. The summed E-state index contributed by atoms with van der Waals surface area (Å²) < 4.78 is 0. The largest absolute Gasteiger partial charge is 0.281 e. The monoisotopic (exact) mass is 462 g/mol. The van der Waals surface area contributed by atoms with Crippen molar-refractivity contribution in [2.75, 3.05) is 13.1 Å². The number of rotatable bonds is 0. The van der Waals surface area contributed by atoms with E-state index < -0.39 is 21.7 Å². The van der Waals surface area contributed by atoms with Crippen molar-refractivity contribution in [1.82, 2.24) is 9.80 Å². The number of carbonyl (C=O) groups is 4. The van der Waals surface area contributed by atoms with Crippen LogP contribution in [0.15, 0.2) is 23.3 Å². The van der Waals surface area contributed by atoms with E-state index in [1.165, 1.54) is 0 Å². The second kappa shape index (κ2) is 6.70. The van der Waals surface area contributed by atoms with Crippen molar-refractivity contribution in [3.8, 4) is 0 Å². The van der Waals surface area contributed by atoms with Crippen LogP contribution < -0.4 is 0 Å². The average molecular weight is 463 g/mol. The van der Waals surface area contributed by atoms with Crippen molar-refractivity contribution >= 4 is 23.6 Å². The van der Waals surface area contributed by atoms with Crippen molar-refractivity contribution in [2.45, 2.75) is 89.9 Å². The van der Waals surface area contributed by atoms with Gasteiger partial charge in [-0.05, 0) is 64.2 Å². The SMILES string of the molecule is O=C1N2CCCCC3=C[C@]45CCCC[C@]34C(=O)N(CCCCC3=C[C@@]4(CCCC[C@]134)C2=O)C5=O. The average Bonchev–Trinajstić information content (AvgIpc) is 3.06. The third-order valence-corrected chi connectivity index (χ3v) is 10.8. The number of hydrogen-bond donors (Lipinski definition) is 0. The first kappa shape index (κ1) is 21.1. The number of amides is 4. The van der Waals surface area contributed by atoms with Gasteiger partial charge < -0.3 is 0 Å². The highest BCUT2D eigenvalue weighted by Gasteiger charge is 2.75. The van der Waals surface area contributed by atoms with Gasteiger partial charge in [0, 0.05) is 13.1 Å². The van der Waals surface area contributed by atoms with Crippen molar-refractivity contribution in [2.24, 2.45) is 21.7 Å². The highest BCUT2D eigenvalue weighted by Crippen LogP contribution is 2.70. The molecule has 5 fully saturated rings. The quantitative estimate of drug-likeness (QED) is 0.402. The fraction of sp³-hybridized carbons (Fsp3) is 0.714. The Morgan fingerprint density at radius 3 is 1.35 bits per heavy atom. The summed E-state index contributed by atoms with van der Waals surface area (Å²) in [5.41, 5.74) is -0.0704. The molecular weight excluding hydrogens is 428 g/mol. The summed E-state index contributed by atoms with van der Waals surface area (Å²) in [6.07, 6.45) is 16.2. The van der Waals surface area contributed by atoms with E-state index in [1.54, 1.807) is 9.80 Å². The summed E-state index contributed by atoms with van der Waals surface area (Å²) in [6.45, 7) is 0.958. The van der Waals surface area contributed by atoms with Crippen LogP contribution in [0.3, 0.4) is 0 Å². The molecule has 2 saturated carbocycles. The maximum Gasteiger partial charge on any atom is 0.240 e. The number of imide groups is 2. The van der Waals surface area contributed by atoms with Crippen molar-refractivity contribution in [3.05, 3.63) is 23.3 Å². The van der Waals surface area contributed by atoms with E-state index >= 15 is 0 Å². The molecule has 4 amide bonds. The molecule has 34 heavy (non-hydrogen) atoms. The maximum atomic E-state index is 13.7. The Kier molecular flexibility index (Phi) is 4.15. The minimum absolute atomic E-state index is 0.0453. The smallest absolute Gasteiger partial charge is 0.240 e. The van der Waals surface area contributed by atoms with Crippen LogP contribution in [0.4, 0.5) is 0 Å². The molecule has 6 nitrogen and oxygen atoms in total. The molecule has 3 aliphatic heterocycles. The van der Waals surface area contributed by atoms with Gasteiger partial charge in [0.2, 0.25) is 23.6 Å². The van der Waals surface area contributed by atoms with Gasteiger partial charge in [-0.15, -0.1) is 0 Å². The van der Waals surface area contributed by atoms with E-state index in [-0.39, 0.29) is 23.6 Å². The predicted molar refractivity (Wildman–Crippen MR) is 124 cm³/mol. The Bertz CT molecular complexity index is 1020. The minimum Gasteiger partial charge on any atom is -0.281 e. The summed E-state index contributed by atoms with van der Waals surface area (Å²) in [5, 5.41) is 0. The number of hydrogen-bond acceptors (Lipinski definition) is 4. The topological polar surface area (TPSA) is 74.8 Å². The standard InChI is InChI=1S/C28H34N2O4/c31-21-26-12-4-6-14-28(26)20(18-26)10-2-8-16-30-22(32)25-11-3-5-13-27(25,23(30)33)19(17-25)9-1-7-15-29(21)24(28)34/h17-18H,1-16H2/t25-,26-,27+,28+/m0/s1. The van der Waals surface area contributed by atoms with Gasteiger partial charge in [0.25, 0.3) is 0 Å². The van der Waals surface area contributed by atoms with Crippen LogP contribution in [-0.2, 0) is 19.2 Å². The van der Waals surface area contributed by atoms with E-state index in [2.05, 4.69) is 12.2 Å². The molecule has 3 saturated heterocycles. The predicted octanol–water partition coefficient (Wildman–Crippen LogP) is 4.05. The summed E-state index contributed by atoms with van der Waals surface area (Å²) >= 11 is 0. The molecule has 0 aromatic heterocycles. The molecule has 0 radical (unpaired) electrons. The third kappa shape index (κ3) is 2.04. The van der Waals surface area contributed by atoms with E-state index in [1.807, 2.05) is 0 Å². The van der Waals surface area contributed by atoms with Gasteiger partial charge in [-0.2, -0.15) is 0 Å². The Labute approximate surface area is 200 Å². The zero-order valence-electron chi connectivity index (χ0n) is 20.0. The first-order chi connectivity index (χ1) is 16.4. The molecular formula is C28H34N2O4. The molecule has 0 unspecified atom stereocenters. The van der Waals surface area contributed by atoms with Crippen LogP contribution in [0.1, 0.15) is 89.9 Å². The van der Waals surface area contributed by atoms with E-state index in [0.29, 0.717) is 13.1 Å². The highest BCUT2D eigenvalue weighted by atomic mass is 16.2. The Morgan fingerprint density at radius 1 is 0.500 bits per heavy atom. The molecule has 2 spiro atoms. The van der Waals surface area contributed by atoms with Crippen LogP contribution in [-0.4, -0.2) is 46.5 Å². The molecule has 4 aliphatic carbocycles. The normalized spacial score (nSPS) is 43.5. The van der Waals surface area contributed by atoms with Crippen LogP contribution in [0, 0.1) is 21.7 Å². The van der Waals surface area contributed by atoms with Crippen molar-refractivity contribution in [1.29, 1.82) is 0 Å². The van der Waals surface area contributed by atoms with Gasteiger partial charge in [0.05, 0.1) is 21.7 Å². The van der Waals surface area contributed by atoms with E-state index in [0.717, 1.165) is 101 Å². The lowest BCUT2D eigenvalue weighted by atomic mass is 9.46. The molecule has 0 N–H and O–H groups in total. The Hall–Kier alpha value is -2.24. The van der Waals surface area contributed by atoms with Gasteiger partial charge in [-0.1, -0.05) is 49.0 Å². The molecule has 6 heteroatoms. The minimum atomic E-state index is -0.596. The molecule has 0 aromatic carbocycles. The lowest BCUT2D eigenvalue weighted by Crippen LogP contribution is -2.54. The van der Waals surface area contributed by atoms with Crippen molar-refractivity contribution < 1.29 is 19.2 Å². The molecule has 4 bridgehead atoms. The zero-order valence-corrected chi connectivity index (χ0v) is 20.0. The number of carbonyl (C=O) groups excluding carboxylic acids is 4. The first-order valence-corrected chi connectivity index (χ1v) is 13.6. The number of nitrogens with zero attached hydrogens (tertiary/aromatic N) is 2. The fourth-order valence-electron chi connectivity index (χ4n) is 9.28. The lowest BCUT2D eigenvalue weighted by Gasteiger charge is -2.53. The van der Waals surface area contributed by atoms with Crippen LogP contribution in [0.5, 0.6) is 0 Å². The lowest BCUT2D eigenvalue weighted by molar-refractivity contribution is -0.142. The highest BCUT2D eigenvalue weighted by molar-refractivity contribution is 6.15. The van der Waals surface area contributed by atoms with Crippen molar-refractivity contribution in [3.63, 3.8) is 0 Å². The van der Waals surface area contributed by atoms with Crippen LogP contribution in [0.25, 0.3) is 0 Å². The summed E-state index contributed by atoms with van der Waals surface area (Å²) in [6, 6.07) is 0. The van der Waals surface area contributed by atoms with Gasteiger partial charge in [0.1, 0.15) is 0 Å². The van der Waals surface area contributed by atoms with E-state index in [4.69, 9.17) is 0 Å². The summed E-state index contributed by atoms with van der Waals surface area (Å²) in [5.74, 6) is 0.209. The summed E-state index contributed by atoms with van der Waals surface area (Å²) in [7, 11) is 0. The third-order valence-electron chi connectivity index (χ3n) is 10.8. The Morgan fingerprint density at radius 2 is 0.912 bits per heavy atom. The van der Waals surface area contributed by atoms with Crippen LogP contribution in [0.2, 0.25) is 0 Å². The zero-order chi connectivity index (χ0) is 23.3.